The van der Waals surface area contributed by atoms with E-state index >= 15 is 0 Å². The SMILES string of the molecule is Cn1ccc(COC(=O)c2nc(-c3cc(Cl)c4[nH]ncc4c3)c(-c3ccccc3)nc2N)c1. The van der Waals surface area contributed by atoms with Gasteiger partial charge in [-0.05, 0) is 18.2 Å². The topological polar surface area (TPSA) is 112 Å². The monoisotopic (exact) mass is 458 g/mol. The van der Waals surface area contributed by atoms with E-state index in [4.69, 9.17) is 22.1 Å². The Kier molecular flexibility index (Phi) is 5.27. The van der Waals surface area contributed by atoms with E-state index in [1.165, 1.54) is 0 Å². The predicted molar refractivity (Wildman–Crippen MR) is 127 cm³/mol. The summed E-state index contributed by atoms with van der Waals surface area (Å²) in [5.74, 6) is -0.661. The van der Waals surface area contributed by atoms with Gasteiger partial charge in [-0.25, -0.2) is 14.8 Å². The summed E-state index contributed by atoms with van der Waals surface area (Å²) in [6, 6.07) is 15.0. The smallest absolute Gasteiger partial charge is 0.361 e. The van der Waals surface area contributed by atoms with Crippen LogP contribution >= 0.6 is 11.6 Å². The zero-order valence-electron chi connectivity index (χ0n) is 17.6. The molecule has 0 spiro atoms. The second-order valence-corrected chi connectivity index (χ2v) is 7.98. The summed E-state index contributed by atoms with van der Waals surface area (Å²) in [5.41, 5.74) is 10.2. The lowest BCUT2D eigenvalue weighted by atomic mass is 10.0. The normalized spacial score (nSPS) is 11.1. The molecule has 164 valence electrons. The number of H-pyrrole nitrogens is 1. The number of benzene rings is 2. The van der Waals surface area contributed by atoms with Crippen molar-refractivity contribution in [2.24, 2.45) is 7.05 Å². The molecule has 0 saturated carbocycles. The number of fused-ring (bicyclic) bond motifs is 1. The van der Waals surface area contributed by atoms with Crippen LogP contribution in [0.4, 0.5) is 5.82 Å². The highest BCUT2D eigenvalue weighted by atomic mass is 35.5. The Hall–Kier alpha value is -4.17. The Labute approximate surface area is 194 Å². The average Bonchev–Trinajstić information content (AvgIpc) is 3.47. The zero-order chi connectivity index (χ0) is 22.9. The number of ether oxygens (including phenoxy) is 1. The van der Waals surface area contributed by atoms with E-state index in [1.807, 2.05) is 66.5 Å². The van der Waals surface area contributed by atoms with Gasteiger partial charge in [-0.1, -0.05) is 41.9 Å². The number of nitrogen functional groups attached to an aromatic ring is 1. The van der Waals surface area contributed by atoms with Gasteiger partial charge in [-0.2, -0.15) is 5.10 Å². The summed E-state index contributed by atoms with van der Waals surface area (Å²) < 4.78 is 7.33. The minimum atomic E-state index is -0.653. The summed E-state index contributed by atoms with van der Waals surface area (Å²) >= 11 is 6.47. The molecule has 3 aromatic heterocycles. The fourth-order valence-electron chi connectivity index (χ4n) is 3.61. The number of hydrogen-bond acceptors (Lipinski definition) is 6. The molecule has 0 bridgehead atoms. The van der Waals surface area contributed by atoms with Gasteiger partial charge in [0.2, 0.25) is 0 Å². The molecule has 8 nitrogen and oxygen atoms in total. The number of nitrogens with one attached hydrogen (secondary N) is 1. The lowest BCUT2D eigenvalue weighted by molar-refractivity contribution is 0.0467. The standard InChI is InChI=1S/C24H19ClN6O2/c1-31-8-7-14(12-31)13-33-24(32)22-23(26)29-20(15-5-3-2-4-6-15)21(28-22)16-9-17-11-27-30-19(17)18(25)10-16/h2-12H,13H2,1H3,(H2,26,29)(H,27,30). The number of nitrogens with zero attached hydrogens (tertiary/aromatic N) is 4. The van der Waals surface area contributed by atoms with E-state index < -0.39 is 5.97 Å². The van der Waals surface area contributed by atoms with E-state index in [9.17, 15) is 4.79 Å². The van der Waals surface area contributed by atoms with E-state index in [-0.39, 0.29) is 18.1 Å². The van der Waals surface area contributed by atoms with Crippen molar-refractivity contribution in [2.45, 2.75) is 6.61 Å². The molecule has 0 saturated heterocycles. The van der Waals surface area contributed by atoms with Crippen LogP contribution in [-0.4, -0.2) is 30.7 Å². The van der Waals surface area contributed by atoms with Gasteiger partial charge < -0.3 is 15.0 Å². The lowest BCUT2D eigenvalue weighted by Crippen LogP contribution is -2.13. The minimum Gasteiger partial charge on any atom is -0.456 e. The molecule has 33 heavy (non-hydrogen) atoms. The molecule has 2 aromatic carbocycles. The van der Waals surface area contributed by atoms with Crippen molar-refractivity contribution in [3.05, 3.63) is 83.4 Å². The lowest BCUT2D eigenvalue weighted by Gasteiger charge is -2.13. The molecule has 9 heteroatoms. The highest BCUT2D eigenvalue weighted by Crippen LogP contribution is 2.35. The molecule has 5 rings (SSSR count). The van der Waals surface area contributed by atoms with Crippen LogP contribution in [0.3, 0.4) is 0 Å². The van der Waals surface area contributed by atoms with Crippen LogP contribution in [-0.2, 0) is 18.4 Å². The fraction of sp³-hybridized carbons (Fsp3) is 0.0833. The Morgan fingerprint density at radius 3 is 2.67 bits per heavy atom. The van der Waals surface area contributed by atoms with Crippen LogP contribution in [0.1, 0.15) is 16.1 Å². The number of aromatic amines is 1. The third kappa shape index (κ3) is 4.04. The van der Waals surface area contributed by atoms with E-state index in [1.54, 1.807) is 12.3 Å². The van der Waals surface area contributed by atoms with Crippen molar-refractivity contribution in [2.75, 3.05) is 5.73 Å². The largest absolute Gasteiger partial charge is 0.456 e. The van der Waals surface area contributed by atoms with E-state index in [0.717, 1.165) is 16.5 Å². The third-order valence-electron chi connectivity index (χ3n) is 5.20. The number of carbonyl (C=O) groups excluding carboxylic acids is 1. The quantitative estimate of drug-likeness (QED) is 0.372. The van der Waals surface area contributed by atoms with Gasteiger partial charge in [0.25, 0.3) is 0 Å². The zero-order valence-corrected chi connectivity index (χ0v) is 18.4. The van der Waals surface area contributed by atoms with Gasteiger partial charge in [0.05, 0.1) is 28.1 Å². The number of carbonyl (C=O) groups is 1. The van der Waals surface area contributed by atoms with Crippen LogP contribution in [0.5, 0.6) is 0 Å². The van der Waals surface area contributed by atoms with Crippen molar-refractivity contribution in [1.82, 2.24) is 24.7 Å². The summed E-state index contributed by atoms with van der Waals surface area (Å²) in [5, 5.41) is 8.21. The molecule has 3 heterocycles. The van der Waals surface area contributed by atoms with Crippen LogP contribution in [0.15, 0.2) is 67.1 Å². The molecular formula is C24H19ClN6O2. The average molecular weight is 459 g/mol. The number of halogens is 1. The molecule has 0 atom stereocenters. The van der Waals surface area contributed by atoms with Crippen LogP contribution < -0.4 is 5.73 Å². The Balaban J connectivity index is 1.60. The van der Waals surface area contributed by atoms with Crippen LogP contribution in [0, 0.1) is 0 Å². The summed E-state index contributed by atoms with van der Waals surface area (Å²) in [6.45, 7) is 0.101. The molecule has 0 unspecified atom stereocenters. The second-order valence-electron chi connectivity index (χ2n) is 7.57. The molecule has 0 radical (unpaired) electrons. The molecule has 0 aliphatic heterocycles. The van der Waals surface area contributed by atoms with E-state index in [0.29, 0.717) is 27.5 Å². The maximum atomic E-state index is 12.9. The van der Waals surface area contributed by atoms with E-state index in [2.05, 4.69) is 20.2 Å². The van der Waals surface area contributed by atoms with Gasteiger partial charge in [0.15, 0.2) is 11.5 Å². The Morgan fingerprint density at radius 1 is 1.12 bits per heavy atom. The van der Waals surface area contributed by atoms with Crippen molar-refractivity contribution < 1.29 is 9.53 Å². The van der Waals surface area contributed by atoms with Crippen LogP contribution in [0.25, 0.3) is 33.4 Å². The summed E-state index contributed by atoms with van der Waals surface area (Å²) in [7, 11) is 1.89. The maximum Gasteiger partial charge on any atom is 0.361 e. The molecule has 0 aliphatic rings. The summed E-state index contributed by atoms with van der Waals surface area (Å²) in [4.78, 5) is 22.0. The summed E-state index contributed by atoms with van der Waals surface area (Å²) in [6.07, 6.45) is 5.42. The molecule has 0 fully saturated rings. The maximum absolute atomic E-state index is 12.9. The second kappa shape index (κ2) is 8.40. The van der Waals surface area contributed by atoms with Crippen LogP contribution in [0.2, 0.25) is 5.02 Å². The molecule has 0 aliphatic carbocycles. The first-order valence-electron chi connectivity index (χ1n) is 10.1. The number of aryl methyl sites for hydroxylation is 1. The fourth-order valence-corrected chi connectivity index (χ4v) is 3.88. The number of rotatable bonds is 5. The van der Waals surface area contributed by atoms with Crippen molar-refractivity contribution in [3.63, 3.8) is 0 Å². The number of esters is 1. The molecule has 5 aromatic rings. The number of aromatic nitrogens is 5. The minimum absolute atomic E-state index is 0.00819. The number of anilines is 1. The highest BCUT2D eigenvalue weighted by molar-refractivity contribution is 6.35. The third-order valence-corrected chi connectivity index (χ3v) is 5.50. The van der Waals surface area contributed by atoms with Gasteiger partial charge >= 0.3 is 5.97 Å². The van der Waals surface area contributed by atoms with Crippen molar-refractivity contribution in [3.8, 4) is 22.5 Å². The van der Waals surface area contributed by atoms with Gasteiger partial charge in [-0.3, -0.25) is 5.10 Å². The van der Waals surface area contributed by atoms with Crippen molar-refractivity contribution >= 4 is 34.3 Å². The highest BCUT2D eigenvalue weighted by Gasteiger charge is 2.22. The Bertz CT molecular complexity index is 1480. The Morgan fingerprint density at radius 2 is 1.91 bits per heavy atom. The molecule has 0 amide bonds. The van der Waals surface area contributed by atoms with Gasteiger partial charge in [-0.15, -0.1) is 0 Å². The number of nitrogens with two attached hydrogens (primary N) is 1. The van der Waals surface area contributed by atoms with Gasteiger partial charge in [0.1, 0.15) is 6.61 Å². The van der Waals surface area contributed by atoms with Crippen molar-refractivity contribution in [1.29, 1.82) is 0 Å². The molecular weight excluding hydrogens is 440 g/mol. The first-order valence-corrected chi connectivity index (χ1v) is 10.5. The molecule has 3 N–H and O–H groups in total. The first kappa shape index (κ1) is 20.7. The first-order chi connectivity index (χ1) is 16.0. The van der Waals surface area contributed by atoms with Gasteiger partial charge in [0, 0.05) is 41.5 Å². The predicted octanol–water partition coefficient (Wildman–Crippen LogP) is 4.62. The number of hydrogen-bond donors (Lipinski definition) is 2.